The molecule has 2 atom stereocenters. The number of hydrogen-bond donors (Lipinski definition) is 2. The zero-order valence-corrected chi connectivity index (χ0v) is 8.90. The molecule has 0 aliphatic carbocycles. The molecule has 0 bridgehead atoms. The Hall–Kier alpha value is -1.22. The van der Waals surface area contributed by atoms with E-state index in [4.69, 9.17) is 0 Å². The maximum Gasteiger partial charge on any atom is 0.139 e. The molecule has 2 aliphatic heterocycles. The summed E-state index contributed by atoms with van der Waals surface area (Å²) in [7, 11) is 2.08. The number of hydrogen-bond acceptors (Lipinski definition) is 3. The molecular weight excluding hydrogens is 188 g/mol. The minimum atomic E-state index is 0.421. The van der Waals surface area contributed by atoms with Crippen molar-refractivity contribution in [2.45, 2.75) is 18.4 Å². The summed E-state index contributed by atoms with van der Waals surface area (Å²) >= 11 is 0. The molecule has 80 valence electrons. The highest BCUT2D eigenvalue weighted by atomic mass is 16.3. The third kappa shape index (κ3) is 1.16. The van der Waals surface area contributed by atoms with Gasteiger partial charge in [-0.2, -0.15) is 0 Å². The van der Waals surface area contributed by atoms with Crippen molar-refractivity contribution in [1.29, 1.82) is 0 Å². The molecule has 15 heavy (non-hydrogen) atoms. The highest BCUT2D eigenvalue weighted by molar-refractivity contribution is 5.69. The fourth-order valence-electron chi connectivity index (χ4n) is 3.01. The maximum atomic E-state index is 9.89. The lowest BCUT2D eigenvalue weighted by Crippen LogP contribution is -2.44. The number of fused-ring (bicyclic) bond motifs is 3. The Morgan fingerprint density at radius 1 is 1.47 bits per heavy atom. The number of benzene rings is 1. The monoisotopic (exact) mass is 204 g/mol. The molecule has 0 spiro atoms. The number of nitrogens with one attached hydrogen (secondary N) is 1. The Morgan fingerprint density at radius 3 is 3.20 bits per heavy atom. The quantitative estimate of drug-likeness (QED) is 0.668. The second kappa shape index (κ2) is 3.14. The first-order valence-corrected chi connectivity index (χ1v) is 5.54. The molecule has 0 amide bonds. The van der Waals surface area contributed by atoms with E-state index in [9.17, 15) is 5.11 Å². The summed E-state index contributed by atoms with van der Waals surface area (Å²) in [6.45, 7) is 2.11. The van der Waals surface area contributed by atoms with Crippen LogP contribution in [0.1, 0.15) is 17.9 Å². The van der Waals surface area contributed by atoms with Crippen molar-refractivity contribution in [2.75, 3.05) is 25.0 Å². The van der Waals surface area contributed by atoms with Crippen molar-refractivity contribution >= 4 is 5.69 Å². The van der Waals surface area contributed by atoms with Crippen molar-refractivity contribution in [3.63, 3.8) is 0 Å². The fourth-order valence-corrected chi connectivity index (χ4v) is 3.01. The number of nitrogens with zero attached hydrogens (tertiary/aromatic N) is 1. The first-order chi connectivity index (χ1) is 7.29. The average molecular weight is 204 g/mol. The number of anilines is 1. The van der Waals surface area contributed by atoms with Gasteiger partial charge in [0.05, 0.1) is 5.69 Å². The first kappa shape index (κ1) is 9.04. The summed E-state index contributed by atoms with van der Waals surface area (Å²) in [5.74, 6) is 1.02. The SMILES string of the molecule is CN1c2c(O)cccc2C2CCNCC21. The Bertz CT molecular complexity index is 391. The molecule has 3 heteroatoms. The zero-order valence-electron chi connectivity index (χ0n) is 8.90. The molecule has 3 nitrogen and oxygen atoms in total. The second-order valence-corrected chi connectivity index (χ2v) is 4.49. The molecule has 1 fully saturated rings. The van der Waals surface area contributed by atoms with E-state index in [-0.39, 0.29) is 0 Å². The smallest absolute Gasteiger partial charge is 0.139 e. The number of para-hydroxylation sites is 1. The highest BCUT2D eigenvalue weighted by Gasteiger charge is 2.39. The van der Waals surface area contributed by atoms with Gasteiger partial charge >= 0.3 is 0 Å². The van der Waals surface area contributed by atoms with Crippen LogP contribution in [0.15, 0.2) is 18.2 Å². The molecule has 1 aromatic rings. The van der Waals surface area contributed by atoms with Gasteiger partial charge in [0.1, 0.15) is 5.75 Å². The first-order valence-electron chi connectivity index (χ1n) is 5.54. The molecule has 3 rings (SSSR count). The van der Waals surface area contributed by atoms with Crippen molar-refractivity contribution < 1.29 is 5.11 Å². The standard InChI is InChI=1S/C12H16N2O/c1-14-10-7-13-6-5-8(10)9-3-2-4-11(15)12(9)14/h2-4,8,10,13,15H,5-7H2,1H3. The molecule has 2 aliphatic rings. The highest BCUT2D eigenvalue weighted by Crippen LogP contribution is 2.46. The van der Waals surface area contributed by atoms with Gasteiger partial charge in [0.15, 0.2) is 0 Å². The largest absolute Gasteiger partial charge is 0.506 e. The Balaban J connectivity index is 2.11. The molecule has 2 N–H and O–H groups in total. The minimum Gasteiger partial charge on any atom is -0.506 e. The van der Waals surface area contributed by atoms with Crippen LogP contribution in [0.4, 0.5) is 5.69 Å². The van der Waals surface area contributed by atoms with E-state index in [0.29, 0.717) is 17.7 Å². The van der Waals surface area contributed by atoms with Gasteiger partial charge < -0.3 is 15.3 Å². The van der Waals surface area contributed by atoms with Gasteiger partial charge in [-0.3, -0.25) is 0 Å². The van der Waals surface area contributed by atoms with Gasteiger partial charge in [0.2, 0.25) is 0 Å². The molecule has 2 unspecified atom stereocenters. The summed E-state index contributed by atoms with van der Waals surface area (Å²) in [6, 6.07) is 6.40. The lowest BCUT2D eigenvalue weighted by molar-refractivity contribution is 0.412. The van der Waals surface area contributed by atoms with Crippen LogP contribution in [-0.2, 0) is 0 Å². The third-order valence-electron chi connectivity index (χ3n) is 3.75. The van der Waals surface area contributed by atoms with E-state index in [1.165, 1.54) is 12.0 Å². The Morgan fingerprint density at radius 2 is 2.33 bits per heavy atom. The van der Waals surface area contributed by atoms with Gasteiger partial charge in [-0.05, 0) is 24.6 Å². The van der Waals surface area contributed by atoms with E-state index in [1.54, 1.807) is 6.07 Å². The average Bonchev–Trinajstić information content (AvgIpc) is 2.55. The third-order valence-corrected chi connectivity index (χ3v) is 3.75. The Kier molecular flexibility index (Phi) is 1.89. The van der Waals surface area contributed by atoms with Gasteiger partial charge in [-0.1, -0.05) is 12.1 Å². The zero-order chi connectivity index (χ0) is 10.4. The van der Waals surface area contributed by atoms with Gasteiger partial charge in [0, 0.05) is 25.6 Å². The maximum absolute atomic E-state index is 9.89. The van der Waals surface area contributed by atoms with Gasteiger partial charge in [-0.25, -0.2) is 0 Å². The van der Waals surface area contributed by atoms with E-state index >= 15 is 0 Å². The van der Waals surface area contributed by atoms with Crippen LogP contribution < -0.4 is 10.2 Å². The van der Waals surface area contributed by atoms with Crippen LogP contribution in [-0.4, -0.2) is 31.3 Å². The van der Waals surface area contributed by atoms with Gasteiger partial charge in [0.25, 0.3) is 0 Å². The van der Waals surface area contributed by atoms with E-state index in [0.717, 1.165) is 18.8 Å². The summed E-state index contributed by atoms with van der Waals surface area (Å²) in [6.07, 6.45) is 1.17. The lowest BCUT2D eigenvalue weighted by Gasteiger charge is -2.31. The number of piperidine rings is 1. The van der Waals surface area contributed by atoms with E-state index in [2.05, 4.69) is 23.3 Å². The van der Waals surface area contributed by atoms with Crippen molar-refractivity contribution in [1.82, 2.24) is 5.32 Å². The summed E-state index contributed by atoms with van der Waals surface area (Å²) in [5, 5.41) is 13.3. The predicted molar refractivity (Wildman–Crippen MR) is 60.5 cm³/mol. The van der Waals surface area contributed by atoms with Crippen LogP contribution in [0.5, 0.6) is 5.75 Å². The Labute approximate surface area is 89.7 Å². The van der Waals surface area contributed by atoms with Crippen LogP contribution in [0, 0.1) is 0 Å². The minimum absolute atomic E-state index is 0.421. The molecule has 1 aromatic carbocycles. The van der Waals surface area contributed by atoms with Crippen LogP contribution in [0.25, 0.3) is 0 Å². The normalized spacial score (nSPS) is 28.7. The topological polar surface area (TPSA) is 35.5 Å². The summed E-state index contributed by atoms with van der Waals surface area (Å²) in [5.41, 5.74) is 2.36. The lowest BCUT2D eigenvalue weighted by atomic mass is 9.89. The predicted octanol–water partition coefficient (Wildman–Crippen LogP) is 1.29. The molecule has 2 heterocycles. The summed E-state index contributed by atoms with van der Waals surface area (Å²) in [4.78, 5) is 2.22. The van der Waals surface area contributed by atoms with Crippen molar-refractivity contribution in [3.05, 3.63) is 23.8 Å². The van der Waals surface area contributed by atoms with Gasteiger partial charge in [-0.15, -0.1) is 0 Å². The number of rotatable bonds is 0. The summed E-state index contributed by atoms with van der Waals surface area (Å²) < 4.78 is 0. The molecule has 0 saturated carbocycles. The van der Waals surface area contributed by atoms with Crippen LogP contribution in [0.2, 0.25) is 0 Å². The molecular formula is C12H16N2O. The number of aromatic hydroxyl groups is 1. The van der Waals surface area contributed by atoms with Crippen molar-refractivity contribution in [2.24, 2.45) is 0 Å². The van der Waals surface area contributed by atoms with E-state index < -0.39 is 0 Å². The van der Waals surface area contributed by atoms with Crippen LogP contribution >= 0.6 is 0 Å². The second-order valence-electron chi connectivity index (χ2n) is 4.49. The van der Waals surface area contributed by atoms with E-state index in [1.807, 2.05) is 6.07 Å². The fraction of sp³-hybridized carbons (Fsp3) is 0.500. The molecule has 0 radical (unpaired) electrons. The number of likely N-dealkylation sites (N-methyl/N-ethyl adjacent to an activating group) is 1. The number of phenols is 1. The number of phenolic OH excluding ortho intramolecular Hbond substituents is 1. The van der Waals surface area contributed by atoms with Crippen LogP contribution in [0.3, 0.4) is 0 Å². The molecule has 0 aromatic heterocycles. The van der Waals surface area contributed by atoms with Crippen molar-refractivity contribution in [3.8, 4) is 5.75 Å². The molecule has 1 saturated heterocycles.